The van der Waals surface area contributed by atoms with Gasteiger partial charge < -0.3 is 10.6 Å². The molecule has 0 unspecified atom stereocenters. The number of amides is 1. The van der Waals surface area contributed by atoms with Crippen LogP contribution < -0.4 is 10.6 Å². The minimum absolute atomic E-state index is 0.0144. The number of hydrogen-bond acceptors (Lipinski definition) is 3. The van der Waals surface area contributed by atoms with Gasteiger partial charge in [0, 0.05) is 24.0 Å². The van der Waals surface area contributed by atoms with E-state index in [0.717, 1.165) is 37.9 Å². The average Bonchev–Trinajstić information content (AvgIpc) is 2.47. The molecule has 0 atom stereocenters. The molecule has 20 heavy (non-hydrogen) atoms. The molecule has 0 bridgehead atoms. The molecule has 1 heterocycles. The van der Waals surface area contributed by atoms with Crippen molar-refractivity contribution >= 4 is 5.91 Å². The first-order chi connectivity index (χ1) is 9.70. The van der Waals surface area contributed by atoms with E-state index in [9.17, 15) is 4.79 Å². The lowest BCUT2D eigenvalue weighted by molar-refractivity contribution is 0.0923. The molecule has 0 saturated heterocycles. The Kier molecular flexibility index (Phi) is 5.53. The molecular weight excluding hydrogens is 250 g/mol. The number of carbonyl (C=O) groups excluding carboxylic acids is 1. The summed E-state index contributed by atoms with van der Waals surface area (Å²) in [7, 11) is 0. The summed E-state index contributed by atoms with van der Waals surface area (Å²) in [4.78, 5) is 16.4. The van der Waals surface area contributed by atoms with Gasteiger partial charge in [-0.2, -0.15) is 0 Å². The molecule has 1 fully saturated rings. The summed E-state index contributed by atoms with van der Waals surface area (Å²) in [6.07, 6.45) is 7.32. The smallest absolute Gasteiger partial charge is 0.253 e. The van der Waals surface area contributed by atoms with E-state index in [2.05, 4.69) is 22.5 Å². The second-order valence-electron chi connectivity index (χ2n) is 5.61. The predicted molar refractivity (Wildman–Crippen MR) is 80.8 cm³/mol. The van der Waals surface area contributed by atoms with E-state index in [-0.39, 0.29) is 5.91 Å². The van der Waals surface area contributed by atoms with Crippen molar-refractivity contribution in [3.63, 3.8) is 0 Å². The van der Waals surface area contributed by atoms with Gasteiger partial charge in [0.2, 0.25) is 0 Å². The molecule has 2 rings (SSSR count). The first-order valence-corrected chi connectivity index (χ1v) is 7.66. The highest BCUT2D eigenvalue weighted by Gasteiger charge is 2.22. The normalized spacial score (nSPS) is 22.5. The zero-order valence-corrected chi connectivity index (χ0v) is 12.5. The van der Waals surface area contributed by atoms with Gasteiger partial charge in [0.05, 0.1) is 5.56 Å². The van der Waals surface area contributed by atoms with Crippen molar-refractivity contribution in [1.29, 1.82) is 0 Å². The Hall–Kier alpha value is -1.42. The van der Waals surface area contributed by atoms with Crippen LogP contribution in [-0.2, 0) is 0 Å². The van der Waals surface area contributed by atoms with Gasteiger partial charge in [-0.25, -0.2) is 0 Å². The molecule has 4 nitrogen and oxygen atoms in total. The van der Waals surface area contributed by atoms with Crippen LogP contribution in [0.2, 0.25) is 0 Å². The van der Waals surface area contributed by atoms with Crippen molar-refractivity contribution in [2.24, 2.45) is 0 Å². The van der Waals surface area contributed by atoms with Gasteiger partial charge in [-0.1, -0.05) is 6.92 Å². The number of pyridine rings is 1. The van der Waals surface area contributed by atoms with E-state index in [0.29, 0.717) is 17.6 Å². The Morgan fingerprint density at radius 1 is 1.30 bits per heavy atom. The van der Waals surface area contributed by atoms with Gasteiger partial charge in [0.1, 0.15) is 0 Å². The molecule has 1 aliphatic carbocycles. The maximum atomic E-state index is 12.2. The van der Waals surface area contributed by atoms with E-state index < -0.39 is 0 Å². The highest BCUT2D eigenvalue weighted by molar-refractivity contribution is 5.95. The molecule has 1 amide bonds. The molecule has 0 spiro atoms. The second-order valence-corrected chi connectivity index (χ2v) is 5.61. The molecule has 1 saturated carbocycles. The molecule has 1 aromatic heterocycles. The summed E-state index contributed by atoms with van der Waals surface area (Å²) in [5.41, 5.74) is 1.49. The summed E-state index contributed by atoms with van der Waals surface area (Å²) >= 11 is 0. The van der Waals surface area contributed by atoms with Crippen LogP contribution in [-0.4, -0.2) is 29.5 Å². The molecule has 110 valence electrons. The third-order valence-electron chi connectivity index (χ3n) is 4.00. The maximum Gasteiger partial charge on any atom is 0.253 e. The van der Waals surface area contributed by atoms with Crippen LogP contribution in [0.25, 0.3) is 0 Å². The first kappa shape index (κ1) is 15.0. The topological polar surface area (TPSA) is 54.0 Å². The Morgan fingerprint density at radius 3 is 2.65 bits per heavy atom. The number of aromatic nitrogens is 1. The van der Waals surface area contributed by atoms with Crippen molar-refractivity contribution in [3.8, 4) is 0 Å². The highest BCUT2D eigenvalue weighted by atomic mass is 16.1. The third kappa shape index (κ3) is 4.04. The van der Waals surface area contributed by atoms with E-state index in [1.54, 1.807) is 6.20 Å². The number of rotatable bonds is 5. The molecule has 1 aromatic rings. The van der Waals surface area contributed by atoms with Crippen LogP contribution >= 0.6 is 0 Å². The molecule has 1 aliphatic rings. The van der Waals surface area contributed by atoms with Gasteiger partial charge in [-0.15, -0.1) is 0 Å². The molecule has 2 N–H and O–H groups in total. The Balaban J connectivity index is 1.81. The Labute approximate surface area is 121 Å². The fourth-order valence-electron chi connectivity index (χ4n) is 2.78. The van der Waals surface area contributed by atoms with Crippen LogP contribution in [0.3, 0.4) is 0 Å². The zero-order valence-electron chi connectivity index (χ0n) is 12.5. The Morgan fingerprint density at radius 2 is 2.00 bits per heavy atom. The fraction of sp³-hybridized carbons (Fsp3) is 0.625. The van der Waals surface area contributed by atoms with Crippen molar-refractivity contribution < 1.29 is 4.79 Å². The highest BCUT2D eigenvalue weighted by Crippen LogP contribution is 2.19. The summed E-state index contributed by atoms with van der Waals surface area (Å²) < 4.78 is 0. The van der Waals surface area contributed by atoms with Gasteiger partial charge >= 0.3 is 0 Å². The standard InChI is InChI=1S/C16H25N3O/c1-3-10-18-13-6-8-14(9-7-13)19-16(20)15-5-4-11-17-12(15)2/h4-5,11,13-14,18H,3,6-10H2,1-2H3,(H,19,20). The molecule has 0 aromatic carbocycles. The lowest BCUT2D eigenvalue weighted by atomic mass is 9.91. The minimum atomic E-state index is 0.0144. The summed E-state index contributed by atoms with van der Waals surface area (Å²) in [5.74, 6) is 0.0144. The first-order valence-electron chi connectivity index (χ1n) is 7.66. The third-order valence-corrected chi connectivity index (χ3v) is 4.00. The lowest BCUT2D eigenvalue weighted by Gasteiger charge is -2.29. The second kappa shape index (κ2) is 7.39. The number of nitrogens with zero attached hydrogens (tertiary/aromatic N) is 1. The maximum absolute atomic E-state index is 12.2. The van der Waals surface area contributed by atoms with Crippen LogP contribution in [0.1, 0.15) is 55.1 Å². The summed E-state index contributed by atoms with van der Waals surface area (Å²) in [6.45, 7) is 5.16. The van der Waals surface area contributed by atoms with Crippen molar-refractivity contribution in [3.05, 3.63) is 29.6 Å². The van der Waals surface area contributed by atoms with Gasteiger partial charge in [-0.3, -0.25) is 9.78 Å². The van der Waals surface area contributed by atoms with Gasteiger partial charge in [0.25, 0.3) is 5.91 Å². The van der Waals surface area contributed by atoms with Crippen molar-refractivity contribution in [2.45, 2.75) is 58.0 Å². The summed E-state index contributed by atoms with van der Waals surface area (Å²) in [6, 6.07) is 4.59. The molecule has 0 radical (unpaired) electrons. The average molecular weight is 275 g/mol. The monoisotopic (exact) mass is 275 g/mol. The number of hydrogen-bond donors (Lipinski definition) is 2. The molecular formula is C16H25N3O. The number of aryl methyl sites for hydroxylation is 1. The van der Waals surface area contributed by atoms with Crippen molar-refractivity contribution in [1.82, 2.24) is 15.6 Å². The SMILES string of the molecule is CCCNC1CCC(NC(=O)c2cccnc2C)CC1. The van der Waals surface area contributed by atoms with Gasteiger partial charge in [0.15, 0.2) is 0 Å². The number of carbonyl (C=O) groups is 1. The van der Waals surface area contributed by atoms with Gasteiger partial charge in [-0.05, 0) is 57.7 Å². The van der Waals surface area contributed by atoms with E-state index >= 15 is 0 Å². The largest absolute Gasteiger partial charge is 0.349 e. The van der Waals surface area contributed by atoms with E-state index in [1.165, 1.54) is 6.42 Å². The van der Waals surface area contributed by atoms with Crippen LogP contribution in [0.15, 0.2) is 18.3 Å². The molecule has 0 aliphatic heterocycles. The quantitative estimate of drug-likeness (QED) is 0.868. The minimum Gasteiger partial charge on any atom is -0.349 e. The van der Waals surface area contributed by atoms with Crippen LogP contribution in [0.5, 0.6) is 0 Å². The van der Waals surface area contributed by atoms with Crippen LogP contribution in [0.4, 0.5) is 0 Å². The predicted octanol–water partition coefficient (Wildman–Crippen LogP) is 2.43. The number of nitrogens with one attached hydrogen (secondary N) is 2. The van der Waals surface area contributed by atoms with Crippen molar-refractivity contribution in [2.75, 3.05) is 6.54 Å². The zero-order chi connectivity index (χ0) is 14.4. The Bertz CT molecular complexity index is 439. The summed E-state index contributed by atoms with van der Waals surface area (Å²) in [5, 5.41) is 6.71. The lowest BCUT2D eigenvalue weighted by Crippen LogP contribution is -2.42. The van der Waals surface area contributed by atoms with E-state index in [1.807, 2.05) is 19.1 Å². The van der Waals surface area contributed by atoms with E-state index in [4.69, 9.17) is 0 Å². The molecule has 4 heteroatoms. The van der Waals surface area contributed by atoms with Crippen LogP contribution in [0, 0.1) is 6.92 Å². The fourth-order valence-corrected chi connectivity index (χ4v) is 2.78.